The third-order valence-corrected chi connectivity index (χ3v) is 3.90. The number of rotatable bonds is 10. The number of aliphatic imine (C=N–C) groups is 1. The van der Waals surface area contributed by atoms with E-state index in [0.29, 0.717) is 26.3 Å². The van der Waals surface area contributed by atoms with Crippen LogP contribution in [0.5, 0.6) is 11.5 Å². The highest BCUT2D eigenvalue weighted by Crippen LogP contribution is 2.25. The molecule has 0 atom stereocenters. The zero-order valence-electron chi connectivity index (χ0n) is 16.3. The number of nitrogens with zero attached hydrogens (tertiary/aromatic N) is 1. The van der Waals surface area contributed by atoms with Crippen LogP contribution in [0.2, 0.25) is 0 Å². The molecule has 0 aliphatic rings. The number of hydrogen-bond acceptors (Lipinski definition) is 4. The number of ether oxygens (including phenoxy) is 3. The molecule has 0 fully saturated rings. The van der Waals surface area contributed by atoms with E-state index in [-0.39, 0.29) is 0 Å². The van der Waals surface area contributed by atoms with Crippen LogP contribution in [0.3, 0.4) is 0 Å². The third kappa shape index (κ3) is 7.19. The Morgan fingerprint density at radius 2 is 1.81 bits per heavy atom. The molecule has 0 aromatic heterocycles. The molecule has 0 spiro atoms. The molecule has 2 N–H and O–H groups in total. The van der Waals surface area contributed by atoms with Crippen LogP contribution in [0.1, 0.15) is 18.1 Å². The summed E-state index contributed by atoms with van der Waals surface area (Å²) in [7, 11) is 3.29. The average molecular weight is 371 g/mol. The lowest BCUT2D eigenvalue weighted by molar-refractivity contribution is 0.125. The van der Waals surface area contributed by atoms with Gasteiger partial charge in [0.2, 0.25) is 0 Å². The first kappa shape index (κ1) is 20.6. The van der Waals surface area contributed by atoms with Crippen molar-refractivity contribution in [2.75, 3.05) is 33.9 Å². The van der Waals surface area contributed by atoms with Crippen molar-refractivity contribution in [1.29, 1.82) is 0 Å². The summed E-state index contributed by atoms with van der Waals surface area (Å²) in [4.78, 5) is 4.62. The Kier molecular flexibility index (Phi) is 9.00. The maximum Gasteiger partial charge on any atom is 0.191 e. The second kappa shape index (κ2) is 11.8. The number of nitrogens with one attached hydrogen (secondary N) is 2. The van der Waals surface area contributed by atoms with Crippen molar-refractivity contribution in [1.82, 2.24) is 10.6 Å². The second-order valence-corrected chi connectivity index (χ2v) is 5.84. The van der Waals surface area contributed by atoms with Crippen LogP contribution in [0.4, 0.5) is 0 Å². The summed E-state index contributed by atoms with van der Waals surface area (Å²) in [5.41, 5.74) is 2.17. The highest BCUT2D eigenvalue weighted by molar-refractivity contribution is 5.79. The monoisotopic (exact) mass is 371 g/mol. The van der Waals surface area contributed by atoms with Gasteiger partial charge in [-0.15, -0.1) is 0 Å². The standard InChI is InChI=1S/C21H29N3O3/c1-4-22-21(23-12-13-27-16-17-8-6-5-7-9-17)24-15-18-10-11-19(25-2)14-20(18)26-3/h5-11,14H,4,12-13,15-16H2,1-3H3,(H2,22,23,24). The van der Waals surface area contributed by atoms with Crippen LogP contribution in [0.25, 0.3) is 0 Å². The zero-order valence-corrected chi connectivity index (χ0v) is 16.3. The van der Waals surface area contributed by atoms with Gasteiger partial charge < -0.3 is 24.8 Å². The van der Waals surface area contributed by atoms with Gasteiger partial charge in [0.05, 0.1) is 34.0 Å². The minimum absolute atomic E-state index is 0.507. The van der Waals surface area contributed by atoms with Gasteiger partial charge in [0.25, 0.3) is 0 Å². The summed E-state index contributed by atoms with van der Waals surface area (Å²) in [6.07, 6.45) is 0. The van der Waals surface area contributed by atoms with Gasteiger partial charge in [-0.1, -0.05) is 30.3 Å². The molecule has 2 rings (SSSR count). The van der Waals surface area contributed by atoms with Crippen molar-refractivity contribution >= 4 is 5.96 Å². The van der Waals surface area contributed by atoms with Gasteiger partial charge in [-0.05, 0) is 24.6 Å². The van der Waals surface area contributed by atoms with Gasteiger partial charge in [0.15, 0.2) is 5.96 Å². The molecule has 0 saturated heterocycles. The molecule has 0 heterocycles. The fourth-order valence-corrected chi connectivity index (χ4v) is 2.49. The number of benzene rings is 2. The van der Waals surface area contributed by atoms with Crippen molar-refractivity contribution in [3.63, 3.8) is 0 Å². The SMILES string of the molecule is CCNC(=NCc1ccc(OC)cc1OC)NCCOCc1ccccc1. The number of guanidine groups is 1. The predicted molar refractivity (Wildman–Crippen MR) is 108 cm³/mol. The molecule has 0 radical (unpaired) electrons. The summed E-state index contributed by atoms with van der Waals surface area (Å²) >= 11 is 0. The lowest BCUT2D eigenvalue weighted by Gasteiger charge is -2.13. The van der Waals surface area contributed by atoms with Crippen LogP contribution in [-0.2, 0) is 17.9 Å². The van der Waals surface area contributed by atoms with Gasteiger partial charge in [0.1, 0.15) is 11.5 Å². The minimum atomic E-state index is 0.507. The smallest absolute Gasteiger partial charge is 0.191 e. The maximum atomic E-state index is 5.69. The second-order valence-electron chi connectivity index (χ2n) is 5.84. The van der Waals surface area contributed by atoms with Gasteiger partial charge in [-0.2, -0.15) is 0 Å². The Morgan fingerprint density at radius 3 is 2.52 bits per heavy atom. The van der Waals surface area contributed by atoms with E-state index in [0.717, 1.165) is 29.6 Å². The van der Waals surface area contributed by atoms with E-state index in [2.05, 4.69) is 27.8 Å². The fourth-order valence-electron chi connectivity index (χ4n) is 2.49. The van der Waals surface area contributed by atoms with E-state index in [1.807, 2.05) is 43.3 Å². The van der Waals surface area contributed by atoms with E-state index < -0.39 is 0 Å². The Bertz CT molecular complexity index is 705. The van der Waals surface area contributed by atoms with Crippen LogP contribution in [0.15, 0.2) is 53.5 Å². The van der Waals surface area contributed by atoms with Crippen molar-refractivity contribution in [2.45, 2.75) is 20.1 Å². The molecule has 2 aromatic carbocycles. The van der Waals surface area contributed by atoms with Gasteiger partial charge in [-0.25, -0.2) is 4.99 Å². The first-order chi connectivity index (χ1) is 13.3. The van der Waals surface area contributed by atoms with Crippen LogP contribution in [0, 0.1) is 0 Å². The number of methoxy groups -OCH3 is 2. The lowest BCUT2D eigenvalue weighted by Crippen LogP contribution is -2.39. The van der Waals surface area contributed by atoms with Crippen LogP contribution >= 0.6 is 0 Å². The largest absolute Gasteiger partial charge is 0.497 e. The molecule has 0 saturated carbocycles. The molecule has 0 aliphatic carbocycles. The summed E-state index contributed by atoms with van der Waals surface area (Å²) < 4.78 is 16.3. The van der Waals surface area contributed by atoms with Gasteiger partial charge >= 0.3 is 0 Å². The first-order valence-electron chi connectivity index (χ1n) is 9.11. The van der Waals surface area contributed by atoms with E-state index in [1.165, 1.54) is 5.56 Å². The fraction of sp³-hybridized carbons (Fsp3) is 0.381. The normalized spacial score (nSPS) is 11.1. The summed E-state index contributed by atoms with van der Waals surface area (Å²) in [6, 6.07) is 15.9. The summed E-state index contributed by atoms with van der Waals surface area (Å²) in [6.45, 7) is 5.23. The third-order valence-electron chi connectivity index (χ3n) is 3.90. The van der Waals surface area contributed by atoms with E-state index >= 15 is 0 Å². The Balaban J connectivity index is 1.83. The Hall–Kier alpha value is -2.73. The van der Waals surface area contributed by atoms with Crippen molar-refractivity contribution < 1.29 is 14.2 Å². The molecule has 0 unspecified atom stereocenters. The summed E-state index contributed by atoms with van der Waals surface area (Å²) in [5.74, 6) is 2.28. The Morgan fingerprint density at radius 1 is 1.00 bits per heavy atom. The molecular formula is C21H29N3O3. The highest BCUT2D eigenvalue weighted by Gasteiger charge is 2.05. The zero-order chi connectivity index (χ0) is 19.3. The molecule has 0 aliphatic heterocycles. The van der Waals surface area contributed by atoms with Crippen LogP contribution < -0.4 is 20.1 Å². The van der Waals surface area contributed by atoms with E-state index in [1.54, 1.807) is 14.2 Å². The van der Waals surface area contributed by atoms with Crippen molar-refractivity contribution in [3.05, 3.63) is 59.7 Å². The van der Waals surface area contributed by atoms with E-state index in [9.17, 15) is 0 Å². The minimum Gasteiger partial charge on any atom is -0.497 e. The predicted octanol–water partition coefficient (Wildman–Crippen LogP) is 2.98. The molecule has 0 amide bonds. The van der Waals surface area contributed by atoms with Crippen LogP contribution in [-0.4, -0.2) is 39.9 Å². The van der Waals surface area contributed by atoms with E-state index in [4.69, 9.17) is 14.2 Å². The molecule has 0 bridgehead atoms. The Labute approximate surface area is 161 Å². The van der Waals surface area contributed by atoms with Gasteiger partial charge in [0, 0.05) is 24.7 Å². The van der Waals surface area contributed by atoms with Gasteiger partial charge in [-0.3, -0.25) is 0 Å². The average Bonchev–Trinajstić information content (AvgIpc) is 2.72. The maximum absolute atomic E-state index is 5.69. The topological polar surface area (TPSA) is 64.1 Å². The van der Waals surface area contributed by atoms with Crippen molar-refractivity contribution in [2.24, 2.45) is 4.99 Å². The molecule has 146 valence electrons. The highest BCUT2D eigenvalue weighted by atomic mass is 16.5. The quantitative estimate of drug-likeness (QED) is 0.382. The van der Waals surface area contributed by atoms with Crippen molar-refractivity contribution in [3.8, 4) is 11.5 Å². The first-order valence-corrected chi connectivity index (χ1v) is 9.11. The molecular weight excluding hydrogens is 342 g/mol. The molecule has 6 nitrogen and oxygen atoms in total. The summed E-state index contributed by atoms with van der Waals surface area (Å²) in [5, 5.41) is 6.52. The molecule has 27 heavy (non-hydrogen) atoms. The molecule has 6 heteroatoms. The number of hydrogen-bond donors (Lipinski definition) is 2. The lowest BCUT2D eigenvalue weighted by atomic mass is 10.2. The molecule has 2 aromatic rings.